The molecule has 0 unspecified atom stereocenters. The van der Waals surface area contributed by atoms with Gasteiger partial charge in [0.25, 0.3) is 5.91 Å². The van der Waals surface area contributed by atoms with Crippen molar-refractivity contribution in [1.82, 2.24) is 9.78 Å². The Morgan fingerprint density at radius 2 is 1.96 bits per heavy atom. The van der Waals surface area contributed by atoms with Gasteiger partial charge in [0.1, 0.15) is 0 Å². The molecule has 25 heavy (non-hydrogen) atoms. The Morgan fingerprint density at radius 3 is 2.60 bits per heavy atom. The molecule has 1 aromatic carbocycles. The van der Waals surface area contributed by atoms with E-state index in [1.54, 1.807) is 19.3 Å². The summed E-state index contributed by atoms with van der Waals surface area (Å²) in [6.07, 6.45) is 5.68. The van der Waals surface area contributed by atoms with E-state index in [0.29, 0.717) is 16.4 Å². The van der Waals surface area contributed by atoms with Gasteiger partial charge in [0.05, 0.1) is 5.02 Å². The monoisotopic (exact) mass is 360 g/mol. The second-order valence-corrected chi connectivity index (χ2v) is 6.86. The summed E-state index contributed by atoms with van der Waals surface area (Å²) in [4.78, 5) is 24.7. The number of amides is 2. The number of carbonyl (C=O) groups is 2. The van der Waals surface area contributed by atoms with E-state index in [0.717, 1.165) is 31.2 Å². The number of hydrogen-bond donors (Lipinski definition) is 2. The van der Waals surface area contributed by atoms with Crippen LogP contribution in [0, 0.1) is 12.8 Å². The predicted molar refractivity (Wildman–Crippen MR) is 97.9 cm³/mol. The Morgan fingerprint density at radius 1 is 1.24 bits per heavy atom. The fraction of sp³-hybridized carbons (Fsp3) is 0.389. The van der Waals surface area contributed by atoms with Gasteiger partial charge in [-0.1, -0.05) is 30.5 Å². The Kier molecular flexibility index (Phi) is 5.08. The lowest BCUT2D eigenvalue weighted by atomic mass is 10.1. The van der Waals surface area contributed by atoms with Gasteiger partial charge in [-0.05, 0) is 37.5 Å². The van der Waals surface area contributed by atoms with Crippen molar-refractivity contribution in [2.24, 2.45) is 13.0 Å². The first-order valence-corrected chi connectivity index (χ1v) is 8.74. The van der Waals surface area contributed by atoms with Crippen LogP contribution in [0.5, 0.6) is 0 Å². The quantitative estimate of drug-likeness (QED) is 0.871. The van der Waals surface area contributed by atoms with Crippen LogP contribution in [0.4, 0.5) is 11.4 Å². The van der Waals surface area contributed by atoms with Gasteiger partial charge in [-0.3, -0.25) is 14.3 Å². The van der Waals surface area contributed by atoms with Gasteiger partial charge in [-0.25, -0.2) is 0 Å². The normalized spacial score (nSPS) is 14.5. The van der Waals surface area contributed by atoms with Crippen molar-refractivity contribution >= 4 is 34.8 Å². The molecule has 3 rings (SSSR count). The van der Waals surface area contributed by atoms with Crippen LogP contribution in [0.1, 0.15) is 41.7 Å². The molecule has 1 aromatic heterocycles. The minimum absolute atomic E-state index is 0.0476. The Hall–Kier alpha value is -2.34. The summed E-state index contributed by atoms with van der Waals surface area (Å²) in [5.74, 6) is -0.244. The zero-order valence-corrected chi connectivity index (χ0v) is 15.1. The number of carbonyl (C=O) groups excluding carboxylic acids is 2. The number of aromatic nitrogens is 2. The Bertz CT molecular complexity index is 809. The van der Waals surface area contributed by atoms with Gasteiger partial charge in [0, 0.05) is 30.5 Å². The van der Waals surface area contributed by atoms with Crippen molar-refractivity contribution in [2.75, 3.05) is 10.6 Å². The first-order chi connectivity index (χ1) is 11.9. The highest BCUT2D eigenvalue weighted by molar-refractivity contribution is 6.34. The smallest absolute Gasteiger partial charge is 0.277 e. The molecule has 0 atom stereocenters. The van der Waals surface area contributed by atoms with Crippen LogP contribution < -0.4 is 10.6 Å². The SMILES string of the molecule is Cc1ccc(NC(=O)C2CCCC2)cc1NC(=O)c1nn(C)cc1Cl. The molecule has 0 spiro atoms. The van der Waals surface area contributed by atoms with E-state index in [1.807, 2.05) is 19.1 Å². The lowest BCUT2D eigenvalue weighted by Crippen LogP contribution is -2.20. The molecule has 0 radical (unpaired) electrons. The molecule has 7 heteroatoms. The molecule has 0 aliphatic heterocycles. The third-order valence-electron chi connectivity index (χ3n) is 4.48. The average Bonchev–Trinajstić information content (AvgIpc) is 3.20. The predicted octanol–water partition coefficient (Wildman–Crippen LogP) is 3.76. The number of anilines is 2. The number of halogens is 1. The van der Waals surface area contributed by atoms with Gasteiger partial charge in [0.15, 0.2) is 5.69 Å². The molecule has 0 bridgehead atoms. The van der Waals surface area contributed by atoms with Gasteiger partial charge in [-0.15, -0.1) is 0 Å². The van der Waals surface area contributed by atoms with Crippen molar-refractivity contribution in [1.29, 1.82) is 0 Å². The van der Waals surface area contributed by atoms with E-state index in [4.69, 9.17) is 11.6 Å². The van der Waals surface area contributed by atoms with E-state index in [9.17, 15) is 9.59 Å². The topological polar surface area (TPSA) is 76.0 Å². The van der Waals surface area contributed by atoms with Crippen LogP contribution in [0.2, 0.25) is 5.02 Å². The lowest BCUT2D eigenvalue weighted by molar-refractivity contribution is -0.119. The number of hydrogen-bond acceptors (Lipinski definition) is 3. The van der Waals surface area contributed by atoms with E-state index in [-0.39, 0.29) is 23.4 Å². The van der Waals surface area contributed by atoms with Crippen molar-refractivity contribution in [2.45, 2.75) is 32.6 Å². The van der Waals surface area contributed by atoms with Crippen molar-refractivity contribution < 1.29 is 9.59 Å². The van der Waals surface area contributed by atoms with Crippen molar-refractivity contribution in [3.63, 3.8) is 0 Å². The molecule has 2 amide bonds. The number of nitrogens with one attached hydrogen (secondary N) is 2. The highest BCUT2D eigenvalue weighted by Crippen LogP contribution is 2.27. The van der Waals surface area contributed by atoms with Crippen LogP contribution in [0.15, 0.2) is 24.4 Å². The summed E-state index contributed by atoms with van der Waals surface area (Å²) in [7, 11) is 1.70. The zero-order valence-electron chi connectivity index (χ0n) is 14.3. The molecule has 1 fully saturated rings. The largest absolute Gasteiger partial charge is 0.326 e. The number of aryl methyl sites for hydroxylation is 2. The van der Waals surface area contributed by atoms with E-state index in [1.165, 1.54) is 4.68 Å². The summed E-state index contributed by atoms with van der Waals surface area (Å²) < 4.78 is 1.49. The van der Waals surface area contributed by atoms with E-state index in [2.05, 4.69) is 15.7 Å². The molecule has 1 aliphatic rings. The number of nitrogens with zero attached hydrogens (tertiary/aromatic N) is 2. The van der Waals surface area contributed by atoms with Crippen LogP contribution in [0.3, 0.4) is 0 Å². The Balaban J connectivity index is 1.74. The highest BCUT2D eigenvalue weighted by atomic mass is 35.5. The summed E-state index contributed by atoms with van der Waals surface area (Å²) in [5.41, 5.74) is 2.35. The summed E-state index contributed by atoms with van der Waals surface area (Å²) in [6.45, 7) is 1.89. The molecule has 6 nitrogen and oxygen atoms in total. The fourth-order valence-corrected chi connectivity index (χ4v) is 3.33. The number of benzene rings is 1. The third-order valence-corrected chi connectivity index (χ3v) is 4.76. The second kappa shape index (κ2) is 7.27. The standard InChI is InChI=1S/C18H21ClN4O2/c1-11-7-8-13(20-17(24)12-5-3-4-6-12)9-15(11)21-18(25)16-14(19)10-23(2)22-16/h7-10,12H,3-6H2,1-2H3,(H,20,24)(H,21,25). The summed E-state index contributed by atoms with van der Waals surface area (Å²) >= 11 is 6.02. The van der Waals surface area contributed by atoms with Crippen LogP contribution in [-0.2, 0) is 11.8 Å². The lowest BCUT2D eigenvalue weighted by Gasteiger charge is -2.13. The van der Waals surface area contributed by atoms with Crippen LogP contribution in [-0.4, -0.2) is 21.6 Å². The molecular weight excluding hydrogens is 340 g/mol. The molecule has 1 aliphatic carbocycles. The highest BCUT2D eigenvalue weighted by Gasteiger charge is 2.23. The molecule has 132 valence electrons. The van der Waals surface area contributed by atoms with Gasteiger partial charge < -0.3 is 10.6 Å². The summed E-state index contributed by atoms with van der Waals surface area (Å²) in [6, 6.07) is 5.46. The zero-order chi connectivity index (χ0) is 18.0. The van der Waals surface area contributed by atoms with Crippen LogP contribution >= 0.6 is 11.6 Å². The molecule has 0 saturated heterocycles. The minimum atomic E-state index is -0.382. The molecular formula is C18H21ClN4O2. The maximum absolute atomic E-state index is 12.4. The van der Waals surface area contributed by atoms with Crippen molar-refractivity contribution in [3.8, 4) is 0 Å². The van der Waals surface area contributed by atoms with Gasteiger partial charge in [-0.2, -0.15) is 5.10 Å². The van der Waals surface area contributed by atoms with Crippen molar-refractivity contribution in [3.05, 3.63) is 40.7 Å². The van der Waals surface area contributed by atoms with E-state index < -0.39 is 0 Å². The second-order valence-electron chi connectivity index (χ2n) is 6.45. The maximum atomic E-state index is 12.4. The van der Waals surface area contributed by atoms with Gasteiger partial charge in [0.2, 0.25) is 5.91 Å². The minimum Gasteiger partial charge on any atom is -0.326 e. The van der Waals surface area contributed by atoms with E-state index >= 15 is 0 Å². The third kappa shape index (κ3) is 4.02. The molecule has 2 aromatic rings. The average molecular weight is 361 g/mol. The van der Waals surface area contributed by atoms with Crippen LogP contribution in [0.25, 0.3) is 0 Å². The first kappa shape index (κ1) is 17.5. The first-order valence-electron chi connectivity index (χ1n) is 8.36. The Labute approximate surface area is 151 Å². The van der Waals surface area contributed by atoms with Gasteiger partial charge >= 0.3 is 0 Å². The fourth-order valence-electron chi connectivity index (χ4n) is 3.06. The summed E-state index contributed by atoms with van der Waals surface area (Å²) in [5, 5.41) is 10.1. The molecule has 2 N–H and O–H groups in total. The molecule has 1 saturated carbocycles. The molecule has 1 heterocycles. The number of rotatable bonds is 4. The maximum Gasteiger partial charge on any atom is 0.277 e.